The van der Waals surface area contributed by atoms with Crippen molar-refractivity contribution in [3.05, 3.63) is 12.1 Å². The fraction of sp³-hybridized carbons (Fsp3) is 0.571. The lowest BCUT2D eigenvalue weighted by atomic mass is 10.6. The summed E-state index contributed by atoms with van der Waals surface area (Å²) in [5.41, 5.74) is 0. The molecule has 0 aliphatic rings. The van der Waals surface area contributed by atoms with Gasteiger partial charge in [-0.3, -0.25) is 0 Å². The van der Waals surface area contributed by atoms with E-state index >= 15 is 0 Å². The average molecular weight is 162 g/mol. The number of halogens is 1. The van der Waals surface area contributed by atoms with E-state index in [0.717, 1.165) is 6.26 Å². The lowest BCUT2D eigenvalue weighted by Gasteiger charge is -1.98. The Bertz CT molecular complexity index is 154. The molecule has 11 heavy (non-hydrogen) atoms. The van der Waals surface area contributed by atoms with Gasteiger partial charge in [-0.15, -0.1) is 0 Å². The average Bonchev–Trinajstić information content (AvgIpc) is 2.00. The molecule has 0 heterocycles. The first-order valence-electron chi connectivity index (χ1n) is 3.36. The molecule has 4 heteroatoms. The highest BCUT2D eigenvalue weighted by Gasteiger charge is 2.08. The third-order valence-electron chi connectivity index (χ3n) is 0.824. The zero-order valence-electron chi connectivity index (χ0n) is 6.59. The minimum atomic E-state index is -1.01. The minimum absolute atomic E-state index is 0.159. The van der Waals surface area contributed by atoms with Gasteiger partial charge in [0, 0.05) is 0 Å². The van der Waals surface area contributed by atoms with Crippen molar-refractivity contribution in [3.8, 4) is 0 Å². The van der Waals surface area contributed by atoms with E-state index < -0.39 is 11.8 Å². The van der Waals surface area contributed by atoms with Crippen LogP contribution in [0, 0.1) is 0 Å². The maximum atomic E-state index is 12.4. The Morgan fingerprint density at radius 2 is 2.09 bits per heavy atom. The Balaban J connectivity index is 3.80. The standard InChI is InChI=1S/C7H11FO3/c1-3-10-5-6(8)7(9)11-4-2/h5H,3-4H2,1-2H3. The molecular weight excluding hydrogens is 151 g/mol. The van der Waals surface area contributed by atoms with Crippen molar-refractivity contribution in [1.82, 2.24) is 0 Å². The molecule has 0 radical (unpaired) electrons. The SMILES string of the molecule is CCOC=C(F)C(=O)OCC. The van der Waals surface area contributed by atoms with Gasteiger partial charge in [0.2, 0.25) is 5.83 Å². The summed E-state index contributed by atoms with van der Waals surface area (Å²) in [6, 6.07) is 0. The van der Waals surface area contributed by atoms with Crippen LogP contribution in [0.5, 0.6) is 0 Å². The van der Waals surface area contributed by atoms with Crippen molar-refractivity contribution in [2.75, 3.05) is 13.2 Å². The van der Waals surface area contributed by atoms with Crippen LogP contribution < -0.4 is 0 Å². The van der Waals surface area contributed by atoms with Gasteiger partial charge in [-0.1, -0.05) is 0 Å². The maximum absolute atomic E-state index is 12.4. The van der Waals surface area contributed by atoms with Crippen molar-refractivity contribution in [3.63, 3.8) is 0 Å². The molecule has 0 aromatic rings. The summed E-state index contributed by atoms with van der Waals surface area (Å²) in [4.78, 5) is 10.5. The molecule has 0 spiro atoms. The molecule has 64 valence electrons. The largest absolute Gasteiger partial charge is 0.498 e. The molecule has 3 nitrogen and oxygen atoms in total. The third-order valence-corrected chi connectivity index (χ3v) is 0.824. The second-order valence-corrected chi connectivity index (χ2v) is 1.64. The second-order valence-electron chi connectivity index (χ2n) is 1.64. The van der Waals surface area contributed by atoms with Crippen LogP contribution >= 0.6 is 0 Å². The molecule has 0 fully saturated rings. The summed E-state index contributed by atoms with van der Waals surface area (Å²) >= 11 is 0. The van der Waals surface area contributed by atoms with Gasteiger partial charge < -0.3 is 9.47 Å². The lowest BCUT2D eigenvalue weighted by Crippen LogP contribution is -2.04. The van der Waals surface area contributed by atoms with E-state index in [1.807, 2.05) is 0 Å². The second kappa shape index (κ2) is 5.70. The van der Waals surface area contributed by atoms with Gasteiger partial charge in [0.1, 0.15) is 6.26 Å². The first kappa shape index (κ1) is 9.94. The van der Waals surface area contributed by atoms with Crippen LogP contribution in [0.25, 0.3) is 0 Å². The van der Waals surface area contributed by atoms with Crippen LogP contribution in [0.2, 0.25) is 0 Å². The van der Waals surface area contributed by atoms with Crippen molar-refractivity contribution in [2.45, 2.75) is 13.8 Å². The predicted molar refractivity (Wildman–Crippen MR) is 37.5 cm³/mol. The fourth-order valence-corrected chi connectivity index (χ4v) is 0.405. The van der Waals surface area contributed by atoms with Gasteiger partial charge in [0.25, 0.3) is 0 Å². The van der Waals surface area contributed by atoms with Gasteiger partial charge in [0.05, 0.1) is 13.2 Å². The van der Waals surface area contributed by atoms with Gasteiger partial charge >= 0.3 is 5.97 Å². The zero-order valence-corrected chi connectivity index (χ0v) is 6.59. The van der Waals surface area contributed by atoms with Crippen molar-refractivity contribution >= 4 is 5.97 Å². The van der Waals surface area contributed by atoms with E-state index in [4.69, 9.17) is 0 Å². The molecule has 0 saturated heterocycles. The van der Waals surface area contributed by atoms with E-state index in [9.17, 15) is 9.18 Å². The Morgan fingerprint density at radius 3 is 2.55 bits per heavy atom. The topological polar surface area (TPSA) is 35.5 Å². The summed E-state index contributed by atoms with van der Waals surface area (Å²) < 4.78 is 21.3. The molecule has 0 bridgehead atoms. The Kier molecular flexibility index (Phi) is 5.15. The number of hydrogen-bond acceptors (Lipinski definition) is 3. The molecule has 0 saturated carbocycles. The molecule has 0 aliphatic carbocycles. The molecule has 0 rings (SSSR count). The van der Waals surface area contributed by atoms with E-state index in [1.165, 1.54) is 0 Å². The fourth-order valence-electron chi connectivity index (χ4n) is 0.405. The van der Waals surface area contributed by atoms with Crippen LogP contribution in [0.3, 0.4) is 0 Å². The number of hydrogen-bond donors (Lipinski definition) is 0. The van der Waals surface area contributed by atoms with E-state index in [1.54, 1.807) is 13.8 Å². The predicted octanol–water partition coefficient (Wildman–Crippen LogP) is 1.40. The van der Waals surface area contributed by atoms with E-state index in [-0.39, 0.29) is 6.61 Å². The number of ether oxygens (including phenoxy) is 2. The first-order valence-corrected chi connectivity index (χ1v) is 3.36. The highest BCUT2D eigenvalue weighted by atomic mass is 19.1. The normalized spacial score (nSPS) is 11.0. The summed E-state index contributed by atoms with van der Waals surface area (Å²) in [6.45, 7) is 3.78. The van der Waals surface area contributed by atoms with Gasteiger partial charge in [0.15, 0.2) is 0 Å². The highest BCUT2D eigenvalue weighted by Crippen LogP contribution is 1.99. The Hall–Kier alpha value is -1.06. The van der Waals surface area contributed by atoms with Crippen molar-refractivity contribution in [1.29, 1.82) is 0 Å². The van der Waals surface area contributed by atoms with Crippen LogP contribution in [0.4, 0.5) is 4.39 Å². The summed E-state index contributed by atoms with van der Waals surface area (Å²) in [6.07, 6.45) is 0.748. The van der Waals surface area contributed by atoms with Crippen molar-refractivity contribution in [2.24, 2.45) is 0 Å². The maximum Gasteiger partial charge on any atom is 0.370 e. The molecule has 0 aromatic heterocycles. The number of carbonyl (C=O) groups is 1. The molecular formula is C7H11FO3. The molecule has 0 N–H and O–H groups in total. The first-order chi connectivity index (χ1) is 5.22. The Labute approximate surface area is 64.8 Å². The summed E-state index contributed by atoms with van der Waals surface area (Å²) in [7, 11) is 0. The van der Waals surface area contributed by atoms with Crippen molar-refractivity contribution < 1.29 is 18.7 Å². The molecule has 0 amide bonds. The number of esters is 1. The zero-order chi connectivity index (χ0) is 8.69. The summed E-state index contributed by atoms with van der Waals surface area (Å²) in [5, 5.41) is 0. The van der Waals surface area contributed by atoms with E-state index in [0.29, 0.717) is 6.61 Å². The summed E-state index contributed by atoms with van der Waals surface area (Å²) in [5.74, 6) is -1.99. The van der Waals surface area contributed by atoms with Crippen LogP contribution in [-0.2, 0) is 14.3 Å². The molecule has 0 atom stereocenters. The number of rotatable bonds is 4. The Morgan fingerprint density at radius 1 is 1.45 bits per heavy atom. The number of carbonyl (C=O) groups excluding carboxylic acids is 1. The van der Waals surface area contributed by atoms with E-state index in [2.05, 4.69) is 9.47 Å². The van der Waals surface area contributed by atoms with Gasteiger partial charge in [-0.2, -0.15) is 4.39 Å². The highest BCUT2D eigenvalue weighted by molar-refractivity contribution is 5.85. The molecule has 0 aromatic carbocycles. The quantitative estimate of drug-likeness (QED) is 0.356. The minimum Gasteiger partial charge on any atom is -0.498 e. The third kappa shape index (κ3) is 4.36. The van der Waals surface area contributed by atoms with Crippen LogP contribution in [0.1, 0.15) is 13.8 Å². The molecule has 0 unspecified atom stereocenters. The van der Waals surface area contributed by atoms with Gasteiger partial charge in [-0.25, -0.2) is 4.79 Å². The van der Waals surface area contributed by atoms with Gasteiger partial charge in [-0.05, 0) is 13.8 Å². The smallest absolute Gasteiger partial charge is 0.370 e. The van der Waals surface area contributed by atoms with Crippen LogP contribution in [0.15, 0.2) is 12.1 Å². The molecule has 0 aliphatic heterocycles. The monoisotopic (exact) mass is 162 g/mol. The lowest BCUT2D eigenvalue weighted by molar-refractivity contribution is -0.140. The van der Waals surface area contributed by atoms with Crippen LogP contribution in [-0.4, -0.2) is 19.2 Å².